The molecule has 0 spiro atoms. The molecular formula is C28H29FN2O3. The van der Waals surface area contributed by atoms with Crippen LogP contribution in [0.3, 0.4) is 0 Å². The molecule has 0 atom stereocenters. The molecule has 1 aliphatic rings. The third-order valence-corrected chi connectivity index (χ3v) is 6.01. The summed E-state index contributed by atoms with van der Waals surface area (Å²) >= 11 is 0. The Balaban J connectivity index is 1.45. The van der Waals surface area contributed by atoms with Crippen LogP contribution in [0, 0.1) is 18.7 Å². The topological polar surface area (TPSA) is 67.4 Å². The maximum atomic E-state index is 14.2. The summed E-state index contributed by atoms with van der Waals surface area (Å²) < 4.78 is 19.4. The zero-order valence-corrected chi connectivity index (χ0v) is 19.3. The van der Waals surface area contributed by atoms with Gasteiger partial charge >= 0.3 is 6.09 Å². The number of alkyl carbamates (subject to hydrolysis) is 1. The van der Waals surface area contributed by atoms with Crippen LogP contribution in [-0.2, 0) is 17.8 Å². The molecule has 176 valence electrons. The predicted octanol–water partition coefficient (Wildman–Crippen LogP) is 5.76. The number of aryl methyl sites for hydroxylation is 1. The van der Waals surface area contributed by atoms with E-state index in [2.05, 4.69) is 10.6 Å². The molecule has 5 nitrogen and oxygen atoms in total. The van der Waals surface area contributed by atoms with E-state index in [1.54, 1.807) is 18.2 Å². The highest BCUT2D eigenvalue weighted by atomic mass is 19.1. The SMILES string of the molecule is Cc1ccc(CNC(=O)c2ccccc2-c2ccccc2CNC(=O)OCCC2CC2)c(F)c1. The number of amides is 2. The van der Waals surface area contributed by atoms with Crippen LogP contribution in [0.5, 0.6) is 0 Å². The molecule has 1 fully saturated rings. The van der Waals surface area contributed by atoms with Crippen LogP contribution < -0.4 is 10.6 Å². The third-order valence-electron chi connectivity index (χ3n) is 6.01. The van der Waals surface area contributed by atoms with Crippen molar-refractivity contribution in [2.75, 3.05) is 6.61 Å². The van der Waals surface area contributed by atoms with Gasteiger partial charge in [0.1, 0.15) is 5.82 Å². The molecule has 0 bridgehead atoms. The summed E-state index contributed by atoms with van der Waals surface area (Å²) in [6.45, 7) is 2.63. The Bertz CT molecular complexity index is 1170. The second kappa shape index (κ2) is 11.0. The van der Waals surface area contributed by atoms with E-state index in [1.165, 1.54) is 18.9 Å². The molecule has 4 rings (SSSR count). The first kappa shape index (κ1) is 23.5. The summed E-state index contributed by atoms with van der Waals surface area (Å²) in [5.74, 6) is 0.0746. The Morgan fingerprint density at radius 3 is 2.38 bits per heavy atom. The molecule has 0 aromatic heterocycles. The number of benzene rings is 3. The normalized spacial score (nSPS) is 12.8. The van der Waals surface area contributed by atoms with Gasteiger partial charge in [0.25, 0.3) is 5.91 Å². The maximum Gasteiger partial charge on any atom is 0.407 e. The fraction of sp³-hybridized carbons (Fsp3) is 0.286. The predicted molar refractivity (Wildman–Crippen MR) is 130 cm³/mol. The van der Waals surface area contributed by atoms with Crippen LogP contribution in [0.25, 0.3) is 11.1 Å². The van der Waals surface area contributed by atoms with Crippen LogP contribution in [0.15, 0.2) is 66.7 Å². The summed E-state index contributed by atoms with van der Waals surface area (Å²) in [5, 5.41) is 5.63. The Morgan fingerprint density at radius 1 is 0.912 bits per heavy atom. The summed E-state index contributed by atoms with van der Waals surface area (Å²) in [6, 6.07) is 19.8. The molecule has 0 radical (unpaired) electrons. The van der Waals surface area contributed by atoms with E-state index >= 15 is 0 Å². The molecule has 0 aliphatic heterocycles. The minimum atomic E-state index is -0.443. The monoisotopic (exact) mass is 460 g/mol. The van der Waals surface area contributed by atoms with Crippen molar-refractivity contribution in [2.45, 2.75) is 39.3 Å². The van der Waals surface area contributed by atoms with Crippen molar-refractivity contribution in [1.82, 2.24) is 10.6 Å². The lowest BCUT2D eigenvalue weighted by atomic mass is 9.95. The van der Waals surface area contributed by atoms with Crippen molar-refractivity contribution in [3.63, 3.8) is 0 Å². The molecule has 1 saturated carbocycles. The summed E-state index contributed by atoms with van der Waals surface area (Å²) in [4.78, 5) is 25.1. The average molecular weight is 461 g/mol. The Morgan fingerprint density at radius 2 is 1.62 bits per heavy atom. The van der Waals surface area contributed by atoms with Crippen molar-refractivity contribution in [1.29, 1.82) is 0 Å². The van der Waals surface area contributed by atoms with Gasteiger partial charge in [0.2, 0.25) is 0 Å². The fourth-order valence-electron chi connectivity index (χ4n) is 3.86. The highest BCUT2D eigenvalue weighted by Gasteiger charge is 2.21. The molecule has 2 N–H and O–H groups in total. The fourth-order valence-corrected chi connectivity index (χ4v) is 3.86. The van der Waals surface area contributed by atoms with E-state index in [-0.39, 0.29) is 24.8 Å². The zero-order valence-electron chi connectivity index (χ0n) is 19.3. The average Bonchev–Trinajstić information content (AvgIpc) is 3.67. The Kier molecular flexibility index (Phi) is 7.58. The van der Waals surface area contributed by atoms with Crippen LogP contribution in [0.1, 0.15) is 46.3 Å². The summed E-state index contributed by atoms with van der Waals surface area (Å²) in [6.07, 6.45) is 2.93. The smallest absolute Gasteiger partial charge is 0.407 e. The highest BCUT2D eigenvalue weighted by Crippen LogP contribution is 2.32. The highest BCUT2D eigenvalue weighted by molar-refractivity contribution is 6.01. The Hall–Kier alpha value is -3.67. The van der Waals surface area contributed by atoms with Gasteiger partial charge in [-0.15, -0.1) is 0 Å². The van der Waals surface area contributed by atoms with Gasteiger partial charge in [-0.05, 0) is 53.6 Å². The maximum absolute atomic E-state index is 14.2. The molecule has 1 aliphatic carbocycles. The van der Waals surface area contributed by atoms with Crippen LogP contribution in [0.4, 0.5) is 9.18 Å². The second-order valence-corrected chi connectivity index (χ2v) is 8.70. The number of carbonyl (C=O) groups excluding carboxylic acids is 2. The lowest BCUT2D eigenvalue weighted by Crippen LogP contribution is -2.25. The van der Waals surface area contributed by atoms with E-state index < -0.39 is 6.09 Å². The van der Waals surface area contributed by atoms with Gasteiger partial charge in [0.15, 0.2) is 0 Å². The number of nitrogens with one attached hydrogen (secondary N) is 2. The molecule has 0 heterocycles. The minimum absolute atomic E-state index is 0.0924. The molecule has 34 heavy (non-hydrogen) atoms. The van der Waals surface area contributed by atoms with Crippen molar-refractivity contribution in [3.8, 4) is 11.1 Å². The van der Waals surface area contributed by atoms with E-state index in [9.17, 15) is 14.0 Å². The van der Waals surface area contributed by atoms with Gasteiger partial charge in [-0.25, -0.2) is 9.18 Å². The lowest BCUT2D eigenvalue weighted by Gasteiger charge is -2.15. The van der Waals surface area contributed by atoms with Crippen molar-refractivity contribution < 1.29 is 18.7 Å². The minimum Gasteiger partial charge on any atom is -0.450 e. The van der Waals surface area contributed by atoms with Crippen molar-refractivity contribution >= 4 is 12.0 Å². The number of carbonyl (C=O) groups is 2. The largest absolute Gasteiger partial charge is 0.450 e. The number of hydrogen-bond donors (Lipinski definition) is 2. The summed E-state index contributed by atoms with van der Waals surface area (Å²) in [7, 11) is 0. The van der Waals surface area contributed by atoms with E-state index in [4.69, 9.17) is 4.74 Å². The van der Waals surface area contributed by atoms with Gasteiger partial charge in [-0.3, -0.25) is 4.79 Å². The van der Waals surface area contributed by atoms with Gasteiger partial charge < -0.3 is 15.4 Å². The van der Waals surface area contributed by atoms with Gasteiger partial charge in [0, 0.05) is 24.2 Å². The van der Waals surface area contributed by atoms with Gasteiger partial charge in [0.05, 0.1) is 6.61 Å². The van der Waals surface area contributed by atoms with E-state index in [1.807, 2.05) is 49.4 Å². The standard InChI is InChI=1S/C28H29FN2O3/c1-19-10-13-22(26(29)16-19)18-30-27(32)25-9-5-4-8-24(25)23-7-3-2-6-21(23)17-31-28(33)34-15-14-20-11-12-20/h2-10,13,16,20H,11-12,14-15,17-18H2,1H3,(H,30,32)(H,31,33). The molecule has 0 unspecified atom stereocenters. The summed E-state index contributed by atoms with van der Waals surface area (Å²) in [5.41, 5.74) is 4.19. The van der Waals surface area contributed by atoms with Crippen molar-refractivity contribution in [2.24, 2.45) is 5.92 Å². The lowest BCUT2D eigenvalue weighted by molar-refractivity contribution is 0.0951. The number of hydrogen-bond acceptors (Lipinski definition) is 3. The van der Waals surface area contributed by atoms with E-state index in [0.29, 0.717) is 23.7 Å². The molecule has 2 amide bonds. The molecule has 0 saturated heterocycles. The van der Waals surface area contributed by atoms with Gasteiger partial charge in [-0.1, -0.05) is 67.4 Å². The number of rotatable bonds is 9. The number of halogens is 1. The van der Waals surface area contributed by atoms with Crippen molar-refractivity contribution in [3.05, 3.63) is 94.8 Å². The first-order valence-corrected chi connectivity index (χ1v) is 11.6. The molecular weight excluding hydrogens is 431 g/mol. The molecule has 3 aromatic carbocycles. The van der Waals surface area contributed by atoms with Crippen LogP contribution in [-0.4, -0.2) is 18.6 Å². The molecule has 3 aromatic rings. The van der Waals surface area contributed by atoms with Gasteiger partial charge in [-0.2, -0.15) is 0 Å². The second-order valence-electron chi connectivity index (χ2n) is 8.70. The number of ether oxygens (including phenoxy) is 1. The first-order chi connectivity index (χ1) is 16.5. The molecule has 6 heteroatoms. The van der Waals surface area contributed by atoms with E-state index in [0.717, 1.165) is 28.7 Å². The van der Waals surface area contributed by atoms with Crippen LogP contribution in [0.2, 0.25) is 0 Å². The first-order valence-electron chi connectivity index (χ1n) is 11.6. The Labute approximate surface area is 199 Å². The quantitative estimate of drug-likeness (QED) is 0.427. The third kappa shape index (κ3) is 6.22. The van der Waals surface area contributed by atoms with Crippen LogP contribution >= 0.6 is 0 Å². The zero-order chi connectivity index (χ0) is 23.9.